The van der Waals surface area contributed by atoms with Gasteiger partial charge in [-0.05, 0) is 42.0 Å². The highest BCUT2D eigenvalue weighted by Crippen LogP contribution is 2.44. The van der Waals surface area contributed by atoms with Crippen molar-refractivity contribution < 1.29 is 29.0 Å². The van der Waals surface area contributed by atoms with Crippen LogP contribution in [0.4, 0.5) is 4.79 Å². The van der Waals surface area contributed by atoms with E-state index in [0.29, 0.717) is 6.54 Å². The molecule has 2 aromatic carbocycles. The van der Waals surface area contributed by atoms with Gasteiger partial charge < -0.3 is 24.8 Å². The SMILES string of the molecule is COC(C)C(NC(=O)OCC1c2ccccc2-c2ccccc21)C(=O)N1C[C@H](C)[C@@](C)(C(=O)O)C1. The smallest absolute Gasteiger partial charge is 0.407 e. The largest absolute Gasteiger partial charge is 0.481 e. The van der Waals surface area contributed by atoms with Gasteiger partial charge in [-0.25, -0.2) is 4.79 Å². The van der Waals surface area contributed by atoms with Gasteiger partial charge in [0.05, 0.1) is 11.5 Å². The molecule has 8 nitrogen and oxygen atoms in total. The average Bonchev–Trinajstić information content (AvgIpc) is 3.35. The molecule has 0 aromatic heterocycles. The molecule has 1 saturated heterocycles. The molecule has 0 bridgehead atoms. The fourth-order valence-corrected chi connectivity index (χ4v) is 5.07. The second-order valence-corrected chi connectivity index (χ2v) is 9.73. The van der Waals surface area contributed by atoms with E-state index >= 15 is 0 Å². The zero-order chi connectivity index (χ0) is 25.3. The topological polar surface area (TPSA) is 105 Å². The van der Waals surface area contributed by atoms with Gasteiger partial charge in [0.15, 0.2) is 0 Å². The number of fused-ring (bicyclic) bond motifs is 3. The fourth-order valence-electron chi connectivity index (χ4n) is 5.07. The van der Waals surface area contributed by atoms with E-state index in [1.54, 1.807) is 13.8 Å². The van der Waals surface area contributed by atoms with Gasteiger partial charge in [-0.1, -0.05) is 55.5 Å². The van der Waals surface area contributed by atoms with Crippen molar-refractivity contribution in [3.05, 3.63) is 59.7 Å². The summed E-state index contributed by atoms with van der Waals surface area (Å²) >= 11 is 0. The van der Waals surface area contributed by atoms with Crippen LogP contribution < -0.4 is 5.32 Å². The Morgan fingerprint density at radius 3 is 2.20 bits per heavy atom. The predicted molar refractivity (Wildman–Crippen MR) is 130 cm³/mol. The maximum atomic E-state index is 13.3. The van der Waals surface area contributed by atoms with Crippen LogP contribution in [-0.2, 0) is 19.1 Å². The minimum Gasteiger partial charge on any atom is -0.481 e. The van der Waals surface area contributed by atoms with Crippen molar-refractivity contribution >= 4 is 18.0 Å². The minimum atomic E-state index is -1.04. The van der Waals surface area contributed by atoms with Crippen LogP contribution in [0.25, 0.3) is 11.1 Å². The predicted octanol–water partition coefficient (Wildman–Crippen LogP) is 3.50. The molecule has 1 heterocycles. The van der Waals surface area contributed by atoms with Gasteiger partial charge in [0, 0.05) is 26.1 Å². The zero-order valence-corrected chi connectivity index (χ0v) is 20.5. The maximum absolute atomic E-state index is 13.3. The van der Waals surface area contributed by atoms with Crippen LogP contribution in [0, 0.1) is 11.3 Å². The number of carbonyl (C=O) groups excluding carboxylic acids is 2. The van der Waals surface area contributed by atoms with Crippen LogP contribution in [-0.4, -0.2) is 66.9 Å². The van der Waals surface area contributed by atoms with Gasteiger partial charge >= 0.3 is 12.1 Å². The van der Waals surface area contributed by atoms with Gasteiger partial charge in [-0.3, -0.25) is 9.59 Å². The lowest BCUT2D eigenvalue weighted by Gasteiger charge is -2.28. The summed E-state index contributed by atoms with van der Waals surface area (Å²) < 4.78 is 11.0. The zero-order valence-electron chi connectivity index (χ0n) is 20.5. The molecule has 0 saturated carbocycles. The van der Waals surface area contributed by atoms with E-state index in [1.165, 1.54) is 12.0 Å². The Labute approximate surface area is 205 Å². The third-order valence-corrected chi connectivity index (χ3v) is 7.63. The number of hydrogen-bond donors (Lipinski definition) is 2. The van der Waals surface area contributed by atoms with E-state index in [9.17, 15) is 19.5 Å². The van der Waals surface area contributed by atoms with Crippen molar-refractivity contribution in [3.8, 4) is 11.1 Å². The molecule has 0 radical (unpaired) electrons. The quantitative estimate of drug-likeness (QED) is 0.629. The Morgan fingerprint density at radius 2 is 1.69 bits per heavy atom. The monoisotopic (exact) mass is 480 g/mol. The number of hydrogen-bond acceptors (Lipinski definition) is 5. The Morgan fingerprint density at radius 1 is 1.11 bits per heavy atom. The molecule has 8 heteroatoms. The molecule has 2 N–H and O–H groups in total. The molecule has 1 fully saturated rings. The first kappa shape index (κ1) is 24.7. The normalized spacial score (nSPS) is 22.7. The number of alkyl carbamates (subject to hydrolysis) is 1. The van der Waals surface area contributed by atoms with Crippen LogP contribution in [0.5, 0.6) is 0 Å². The summed E-state index contributed by atoms with van der Waals surface area (Å²) in [6, 6.07) is 15.1. The number of nitrogens with one attached hydrogen (secondary N) is 1. The summed E-state index contributed by atoms with van der Waals surface area (Å²) in [5.74, 6) is -1.65. The van der Waals surface area contributed by atoms with Gasteiger partial charge in [-0.2, -0.15) is 0 Å². The summed E-state index contributed by atoms with van der Waals surface area (Å²) in [6.07, 6.45) is -1.35. The number of ether oxygens (including phenoxy) is 2. The highest BCUT2D eigenvalue weighted by atomic mass is 16.5. The Balaban J connectivity index is 1.45. The van der Waals surface area contributed by atoms with Crippen LogP contribution in [0.3, 0.4) is 0 Å². The molecule has 2 amide bonds. The summed E-state index contributed by atoms with van der Waals surface area (Å²) in [7, 11) is 1.46. The summed E-state index contributed by atoms with van der Waals surface area (Å²) in [6.45, 7) is 5.63. The molecule has 4 rings (SSSR count). The molecular weight excluding hydrogens is 448 g/mol. The van der Waals surface area contributed by atoms with Crippen molar-refractivity contribution in [2.45, 2.75) is 38.8 Å². The van der Waals surface area contributed by atoms with Crippen LogP contribution in [0.15, 0.2) is 48.5 Å². The lowest BCUT2D eigenvalue weighted by Crippen LogP contribution is -2.54. The number of rotatable bonds is 7. The molecular formula is C27H32N2O6. The maximum Gasteiger partial charge on any atom is 0.407 e. The number of carboxylic acids is 1. The van der Waals surface area contributed by atoms with Crippen molar-refractivity contribution in [2.75, 3.05) is 26.8 Å². The van der Waals surface area contributed by atoms with E-state index in [0.717, 1.165) is 22.3 Å². The van der Waals surface area contributed by atoms with Crippen LogP contribution in [0.1, 0.15) is 37.8 Å². The van der Waals surface area contributed by atoms with Gasteiger partial charge in [0.2, 0.25) is 5.91 Å². The van der Waals surface area contributed by atoms with Crippen LogP contribution in [0.2, 0.25) is 0 Å². The lowest BCUT2D eigenvalue weighted by atomic mass is 9.81. The molecule has 4 atom stereocenters. The lowest BCUT2D eigenvalue weighted by molar-refractivity contribution is -0.149. The number of likely N-dealkylation sites (tertiary alicyclic amines) is 1. The van der Waals surface area contributed by atoms with Crippen molar-refractivity contribution in [1.29, 1.82) is 0 Å². The number of amides is 2. The number of methoxy groups -OCH3 is 1. The fraction of sp³-hybridized carbons (Fsp3) is 0.444. The first-order chi connectivity index (χ1) is 16.7. The second kappa shape index (κ2) is 9.70. The summed E-state index contributed by atoms with van der Waals surface area (Å²) in [5.41, 5.74) is 3.41. The van der Waals surface area contributed by atoms with Crippen molar-refractivity contribution in [3.63, 3.8) is 0 Å². The molecule has 2 aromatic rings. The molecule has 2 aliphatic rings. The van der Waals surface area contributed by atoms with E-state index in [1.807, 2.05) is 43.3 Å². The van der Waals surface area contributed by atoms with E-state index in [2.05, 4.69) is 17.4 Å². The molecule has 0 spiro atoms. The van der Waals surface area contributed by atoms with Crippen molar-refractivity contribution in [2.24, 2.45) is 11.3 Å². The van der Waals surface area contributed by atoms with E-state index in [4.69, 9.17) is 9.47 Å². The number of benzene rings is 2. The molecule has 186 valence electrons. The van der Waals surface area contributed by atoms with E-state index < -0.39 is 29.6 Å². The molecule has 1 aliphatic carbocycles. The number of carbonyl (C=O) groups is 3. The average molecular weight is 481 g/mol. The first-order valence-corrected chi connectivity index (χ1v) is 11.8. The highest BCUT2D eigenvalue weighted by molar-refractivity contribution is 5.88. The number of aliphatic carboxylic acids is 1. The third kappa shape index (κ3) is 4.50. The Hall–Kier alpha value is -3.39. The van der Waals surface area contributed by atoms with E-state index in [-0.39, 0.29) is 30.9 Å². The second-order valence-electron chi connectivity index (χ2n) is 9.73. The Kier molecular flexibility index (Phi) is 6.85. The minimum absolute atomic E-state index is 0.0711. The third-order valence-electron chi connectivity index (χ3n) is 7.63. The Bertz CT molecular complexity index is 1090. The number of carboxylic acid groups (broad SMARTS) is 1. The van der Waals surface area contributed by atoms with Crippen molar-refractivity contribution in [1.82, 2.24) is 10.2 Å². The first-order valence-electron chi connectivity index (χ1n) is 11.8. The molecule has 1 aliphatic heterocycles. The van der Waals surface area contributed by atoms with Gasteiger partial charge in [0.1, 0.15) is 12.6 Å². The number of nitrogens with zero attached hydrogens (tertiary/aromatic N) is 1. The summed E-state index contributed by atoms with van der Waals surface area (Å²) in [5, 5.41) is 12.3. The van der Waals surface area contributed by atoms with Gasteiger partial charge in [-0.15, -0.1) is 0 Å². The standard InChI is InChI=1S/C27H32N2O6/c1-16-13-29(15-27(16,3)25(31)32)24(30)23(17(2)34-4)28-26(33)35-14-22-20-11-7-5-9-18(20)19-10-6-8-12-21(19)22/h5-12,16-17,22-23H,13-15H2,1-4H3,(H,28,33)(H,31,32)/t16-,17?,23?,27-/m0/s1. The van der Waals surface area contributed by atoms with Crippen LogP contribution >= 0.6 is 0 Å². The highest BCUT2D eigenvalue weighted by Gasteiger charge is 2.49. The molecule has 2 unspecified atom stereocenters. The van der Waals surface area contributed by atoms with Gasteiger partial charge in [0.25, 0.3) is 0 Å². The summed E-state index contributed by atoms with van der Waals surface area (Å²) in [4.78, 5) is 39.4. The molecule has 35 heavy (non-hydrogen) atoms.